The number of thioether (sulfide) groups is 1. The number of hydrogen-bond donors (Lipinski definition) is 0. The average molecular weight is 556 g/mol. The van der Waals surface area contributed by atoms with Gasteiger partial charge in [-0.2, -0.15) is 0 Å². The maximum atomic E-state index is 13.1. The van der Waals surface area contributed by atoms with Gasteiger partial charge in [0.1, 0.15) is 0 Å². The molecule has 0 aliphatic carbocycles. The standard InChI is InChI=1S/C38H37NOS/c1-30-17-24-37(25-18-30)41-38(40)26-23-36(27-31-19-21-35(22-20-31)34-15-9-4-10-16-34)39(28-32-11-5-2-6-12-32)29-33-13-7-3-8-14-33/h2-22,24-25,36H,23,26-29H2,1H3/t36-/m0/s1. The Hall–Kier alpha value is -3.92. The zero-order valence-corrected chi connectivity index (χ0v) is 24.5. The summed E-state index contributed by atoms with van der Waals surface area (Å²) in [4.78, 5) is 16.7. The molecule has 1 atom stereocenters. The molecule has 0 heterocycles. The second-order valence-electron chi connectivity index (χ2n) is 10.6. The lowest BCUT2D eigenvalue weighted by Gasteiger charge is -2.32. The van der Waals surface area contributed by atoms with Crippen LogP contribution in [0.4, 0.5) is 0 Å². The van der Waals surface area contributed by atoms with E-state index in [0.717, 1.165) is 30.8 Å². The van der Waals surface area contributed by atoms with Crippen molar-refractivity contribution in [2.45, 2.75) is 50.2 Å². The first-order valence-corrected chi connectivity index (χ1v) is 15.2. The van der Waals surface area contributed by atoms with Gasteiger partial charge in [0.15, 0.2) is 5.12 Å². The Morgan fingerprint density at radius 3 is 1.68 bits per heavy atom. The largest absolute Gasteiger partial charge is 0.292 e. The number of carbonyl (C=O) groups excluding carboxylic acids is 1. The number of nitrogens with zero attached hydrogens (tertiary/aromatic N) is 1. The SMILES string of the molecule is Cc1ccc(SC(=O)CC[C@@H](Cc2ccc(-c3ccccc3)cc2)N(Cc2ccccc2)Cc2ccccc2)cc1. The fraction of sp³-hybridized carbons (Fsp3) is 0.184. The molecule has 0 aromatic heterocycles. The smallest absolute Gasteiger partial charge is 0.193 e. The van der Waals surface area contributed by atoms with E-state index >= 15 is 0 Å². The van der Waals surface area contributed by atoms with Crippen molar-refractivity contribution >= 4 is 16.9 Å². The zero-order valence-electron chi connectivity index (χ0n) is 23.7. The third-order valence-electron chi connectivity index (χ3n) is 7.44. The summed E-state index contributed by atoms with van der Waals surface area (Å²) in [6.45, 7) is 3.74. The van der Waals surface area contributed by atoms with Crippen molar-refractivity contribution in [3.63, 3.8) is 0 Å². The van der Waals surface area contributed by atoms with Gasteiger partial charge in [-0.3, -0.25) is 9.69 Å². The lowest BCUT2D eigenvalue weighted by molar-refractivity contribution is -0.111. The molecule has 0 bridgehead atoms. The molecule has 0 N–H and O–H groups in total. The van der Waals surface area contributed by atoms with Crippen LogP contribution in [0.15, 0.2) is 144 Å². The highest BCUT2D eigenvalue weighted by Crippen LogP contribution is 2.26. The first-order valence-electron chi connectivity index (χ1n) is 14.4. The molecule has 5 rings (SSSR count). The molecule has 41 heavy (non-hydrogen) atoms. The normalized spacial score (nSPS) is 11.9. The summed E-state index contributed by atoms with van der Waals surface area (Å²) in [6.07, 6.45) is 2.22. The number of benzene rings is 5. The van der Waals surface area contributed by atoms with E-state index in [-0.39, 0.29) is 11.2 Å². The van der Waals surface area contributed by atoms with Gasteiger partial charge < -0.3 is 0 Å². The van der Waals surface area contributed by atoms with Crippen LogP contribution in [0.25, 0.3) is 11.1 Å². The topological polar surface area (TPSA) is 20.3 Å². The van der Waals surface area contributed by atoms with Gasteiger partial charge in [0.05, 0.1) is 0 Å². The molecule has 0 aliphatic heterocycles. The summed E-state index contributed by atoms with van der Waals surface area (Å²) in [5, 5.41) is 0.220. The van der Waals surface area contributed by atoms with Crippen LogP contribution in [0.1, 0.15) is 35.1 Å². The van der Waals surface area contributed by atoms with Gasteiger partial charge in [-0.05, 0) is 59.7 Å². The number of rotatable bonds is 12. The quantitative estimate of drug-likeness (QED) is 0.143. The van der Waals surface area contributed by atoms with Crippen molar-refractivity contribution in [3.8, 4) is 11.1 Å². The van der Waals surface area contributed by atoms with Crippen molar-refractivity contribution in [1.29, 1.82) is 0 Å². The summed E-state index contributed by atoms with van der Waals surface area (Å²) >= 11 is 1.36. The maximum Gasteiger partial charge on any atom is 0.193 e. The lowest BCUT2D eigenvalue weighted by Crippen LogP contribution is -2.36. The second-order valence-corrected chi connectivity index (χ2v) is 11.8. The predicted octanol–water partition coefficient (Wildman–Crippen LogP) is 9.37. The van der Waals surface area contributed by atoms with E-state index in [4.69, 9.17) is 0 Å². The van der Waals surface area contributed by atoms with Gasteiger partial charge >= 0.3 is 0 Å². The Bertz CT molecular complexity index is 1440. The summed E-state index contributed by atoms with van der Waals surface area (Å²) < 4.78 is 0. The molecule has 0 fully saturated rings. The van der Waals surface area contributed by atoms with Crippen molar-refractivity contribution in [3.05, 3.63) is 162 Å². The third kappa shape index (κ3) is 8.78. The minimum absolute atomic E-state index is 0.209. The highest BCUT2D eigenvalue weighted by Gasteiger charge is 2.22. The fourth-order valence-corrected chi connectivity index (χ4v) is 5.93. The van der Waals surface area contributed by atoms with E-state index in [2.05, 4.69) is 139 Å². The first-order chi connectivity index (χ1) is 20.1. The Labute approximate surface area is 249 Å². The highest BCUT2D eigenvalue weighted by molar-refractivity contribution is 8.13. The van der Waals surface area contributed by atoms with Crippen LogP contribution in [-0.2, 0) is 24.3 Å². The molecule has 2 nitrogen and oxygen atoms in total. The molecule has 3 heteroatoms. The van der Waals surface area contributed by atoms with Crippen molar-refractivity contribution in [2.24, 2.45) is 0 Å². The molecule has 5 aromatic rings. The van der Waals surface area contributed by atoms with Crippen LogP contribution in [-0.4, -0.2) is 16.1 Å². The molecule has 0 unspecified atom stereocenters. The van der Waals surface area contributed by atoms with Crippen molar-refractivity contribution in [2.75, 3.05) is 0 Å². The summed E-state index contributed by atoms with van der Waals surface area (Å²) in [7, 11) is 0. The Kier molecular flexibility index (Phi) is 10.2. The molecule has 0 aliphatic rings. The van der Waals surface area contributed by atoms with Crippen LogP contribution in [0.3, 0.4) is 0 Å². The zero-order chi connectivity index (χ0) is 28.3. The van der Waals surface area contributed by atoms with Gasteiger partial charge in [0.2, 0.25) is 0 Å². The van der Waals surface area contributed by atoms with Crippen LogP contribution in [0.2, 0.25) is 0 Å². The van der Waals surface area contributed by atoms with Gasteiger partial charge in [-0.25, -0.2) is 0 Å². The predicted molar refractivity (Wildman–Crippen MR) is 173 cm³/mol. The molecule has 0 amide bonds. The molecular formula is C38H37NOS. The van der Waals surface area contributed by atoms with E-state index in [1.54, 1.807) is 0 Å². The van der Waals surface area contributed by atoms with Gasteiger partial charge in [0, 0.05) is 30.4 Å². The van der Waals surface area contributed by atoms with Gasteiger partial charge in [-0.1, -0.05) is 145 Å². The average Bonchev–Trinajstić information content (AvgIpc) is 3.02. The molecular weight excluding hydrogens is 518 g/mol. The minimum Gasteiger partial charge on any atom is -0.292 e. The summed E-state index contributed by atoms with van der Waals surface area (Å²) in [6, 6.07) is 49.2. The Morgan fingerprint density at radius 2 is 1.12 bits per heavy atom. The maximum absolute atomic E-state index is 13.1. The first kappa shape index (κ1) is 28.6. The Balaban J connectivity index is 1.37. The van der Waals surface area contributed by atoms with E-state index < -0.39 is 0 Å². The summed E-state index contributed by atoms with van der Waals surface area (Å²) in [5.74, 6) is 0. The number of hydrogen-bond acceptors (Lipinski definition) is 3. The lowest BCUT2D eigenvalue weighted by atomic mass is 9.97. The number of carbonyl (C=O) groups is 1. The van der Waals surface area contributed by atoms with E-state index in [0.29, 0.717) is 6.42 Å². The van der Waals surface area contributed by atoms with Gasteiger partial charge in [-0.15, -0.1) is 0 Å². The minimum atomic E-state index is 0.209. The van der Waals surface area contributed by atoms with E-state index in [1.165, 1.54) is 45.1 Å². The molecule has 0 saturated heterocycles. The van der Waals surface area contributed by atoms with E-state index in [1.807, 2.05) is 12.1 Å². The molecule has 0 spiro atoms. The molecule has 0 radical (unpaired) electrons. The fourth-order valence-electron chi connectivity index (χ4n) is 5.17. The molecule has 0 saturated carbocycles. The van der Waals surface area contributed by atoms with Gasteiger partial charge in [0.25, 0.3) is 0 Å². The van der Waals surface area contributed by atoms with Crippen molar-refractivity contribution < 1.29 is 4.79 Å². The monoisotopic (exact) mass is 555 g/mol. The van der Waals surface area contributed by atoms with Crippen LogP contribution < -0.4 is 0 Å². The number of aryl methyl sites for hydroxylation is 1. The Morgan fingerprint density at radius 1 is 0.610 bits per heavy atom. The van der Waals surface area contributed by atoms with E-state index in [9.17, 15) is 4.79 Å². The van der Waals surface area contributed by atoms with Crippen LogP contribution >= 0.6 is 11.8 Å². The molecule has 5 aromatic carbocycles. The van der Waals surface area contributed by atoms with Crippen molar-refractivity contribution in [1.82, 2.24) is 4.90 Å². The second kappa shape index (κ2) is 14.6. The van der Waals surface area contributed by atoms with Crippen LogP contribution in [0, 0.1) is 6.92 Å². The highest BCUT2D eigenvalue weighted by atomic mass is 32.2. The third-order valence-corrected chi connectivity index (χ3v) is 8.38. The molecule has 206 valence electrons. The summed E-state index contributed by atoms with van der Waals surface area (Å²) in [5.41, 5.74) is 7.52. The van der Waals surface area contributed by atoms with Crippen LogP contribution in [0.5, 0.6) is 0 Å².